The third kappa shape index (κ3) is 3.40. The number of hydrogen-bond acceptors (Lipinski definition) is 7. The van der Waals surface area contributed by atoms with Crippen molar-refractivity contribution < 1.29 is 5.11 Å². The van der Waals surface area contributed by atoms with E-state index in [1.165, 1.54) is 15.8 Å². The van der Waals surface area contributed by atoms with Gasteiger partial charge in [0.05, 0.1) is 5.39 Å². The summed E-state index contributed by atoms with van der Waals surface area (Å²) in [5.41, 5.74) is 7.02. The maximum Gasteiger partial charge on any atom is 0.141 e. The summed E-state index contributed by atoms with van der Waals surface area (Å²) in [5, 5.41) is 11.9. The molecule has 0 unspecified atom stereocenters. The molecule has 8 heteroatoms. The number of nitrogens with two attached hydrogens (primary N) is 1. The predicted octanol–water partition coefficient (Wildman–Crippen LogP) is 2.49. The lowest BCUT2D eigenvalue weighted by atomic mass is 9.90. The fourth-order valence-electron chi connectivity index (χ4n) is 4.04. The molecule has 0 aliphatic carbocycles. The number of piperidine rings is 1. The first-order valence-corrected chi connectivity index (χ1v) is 10.7. The highest BCUT2D eigenvalue weighted by Crippen LogP contribution is 2.38. The van der Waals surface area contributed by atoms with Gasteiger partial charge in [-0.3, -0.25) is 0 Å². The molecule has 7 nitrogen and oxygen atoms in total. The van der Waals surface area contributed by atoms with Gasteiger partial charge in [0.15, 0.2) is 0 Å². The van der Waals surface area contributed by atoms with Crippen molar-refractivity contribution in [3.8, 4) is 0 Å². The Morgan fingerprint density at radius 3 is 2.68 bits per heavy atom. The Labute approximate surface area is 169 Å². The first kappa shape index (κ1) is 19.3. The Balaban J connectivity index is 1.59. The molecule has 0 radical (unpaired) electrons. The van der Waals surface area contributed by atoms with Crippen LogP contribution >= 0.6 is 11.3 Å². The summed E-state index contributed by atoms with van der Waals surface area (Å²) < 4.78 is 1.90. The molecule has 1 saturated heterocycles. The zero-order valence-electron chi connectivity index (χ0n) is 16.7. The molecule has 1 atom stereocenters. The highest BCUT2D eigenvalue weighted by atomic mass is 32.1. The number of nitrogens with zero attached hydrogens (tertiary/aromatic N) is 5. The summed E-state index contributed by atoms with van der Waals surface area (Å²) in [4.78, 5) is 18.6. The molecule has 1 fully saturated rings. The van der Waals surface area contributed by atoms with Crippen LogP contribution in [-0.4, -0.2) is 44.3 Å². The number of aliphatic hydroxyl groups excluding tert-OH is 1. The predicted molar refractivity (Wildman–Crippen MR) is 113 cm³/mol. The quantitative estimate of drug-likeness (QED) is 0.683. The van der Waals surface area contributed by atoms with E-state index < -0.39 is 6.10 Å². The second kappa shape index (κ2) is 7.77. The van der Waals surface area contributed by atoms with Crippen molar-refractivity contribution in [2.24, 2.45) is 18.7 Å². The number of aromatic nitrogens is 4. The molecule has 3 N–H and O–H groups in total. The molecule has 3 aromatic rings. The van der Waals surface area contributed by atoms with Crippen LogP contribution in [-0.2, 0) is 13.5 Å². The van der Waals surface area contributed by atoms with E-state index in [4.69, 9.17) is 15.7 Å². The summed E-state index contributed by atoms with van der Waals surface area (Å²) in [6, 6.07) is 0. The maximum absolute atomic E-state index is 10.8. The minimum atomic E-state index is -0.523. The average molecular weight is 401 g/mol. The molecule has 0 bridgehead atoms. The third-order valence-corrected chi connectivity index (χ3v) is 6.93. The highest BCUT2D eigenvalue weighted by molar-refractivity contribution is 7.18. The SMILES string of the molecule is Cc1sc2nc(CCN)nc(N3CCC([C@H](O)c4nccn4C)CC3)c2c1C. The van der Waals surface area contributed by atoms with Gasteiger partial charge in [0, 0.05) is 43.8 Å². The van der Waals surface area contributed by atoms with E-state index >= 15 is 0 Å². The van der Waals surface area contributed by atoms with Crippen LogP contribution in [0.25, 0.3) is 10.2 Å². The summed E-state index contributed by atoms with van der Waals surface area (Å²) in [5.74, 6) is 2.81. The van der Waals surface area contributed by atoms with Gasteiger partial charge in [0.1, 0.15) is 28.4 Å². The summed E-state index contributed by atoms with van der Waals surface area (Å²) in [7, 11) is 1.93. The van der Waals surface area contributed by atoms with Crippen LogP contribution in [0.3, 0.4) is 0 Å². The van der Waals surface area contributed by atoms with Crippen LogP contribution in [0, 0.1) is 19.8 Å². The van der Waals surface area contributed by atoms with Crippen LogP contribution in [0.15, 0.2) is 12.4 Å². The number of aliphatic hydroxyl groups is 1. The Morgan fingerprint density at radius 1 is 1.29 bits per heavy atom. The fourth-order valence-corrected chi connectivity index (χ4v) is 5.08. The zero-order chi connectivity index (χ0) is 19.8. The third-order valence-electron chi connectivity index (χ3n) is 5.83. The van der Waals surface area contributed by atoms with Crippen LogP contribution in [0.5, 0.6) is 0 Å². The number of fused-ring (bicyclic) bond motifs is 1. The standard InChI is InChI=1S/C20H28N6OS/c1-12-13(2)28-20-16(12)18(23-15(24-20)4-7-21)26-9-5-14(6-10-26)17(27)19-22-8-11-25(19)3/h8,11,14,17,27H,4-7,9-10,21H2,1-3H3/t17-/m0/s1. The van der Waals surface area contributed by atoms with Gasteiger partial charge in [-0.15, -0.1) is 11.3 Å². The topological polar surface area (TPSA) is 93.1 Å². The lowest BCUT2D eigenvalue weighted by Gasteiger charge is -2.35. The molecule has 28 heavy (non-hydrogen) atoms. The fraction of sp³-hybridized carbons (Fsp3) is 0.550. The monoisotopic (exact) mass is 400 g/mol. The van der Waals surface area contributed by atoms with Gasteiger partial charge in [-0.05, 0) is 44.7 Å². The number of imidazole rings is 1. The number of hydrogen-bond donors (Lipinski definition) is 2. The molecule has 1 aliphatic heterocycles. The number of thiophene rings is 1. The lowest BCUT2D eigenvalue weighted by Crippen LogP contribution is -2.37. The first-order valence-electron chi connectivity index (χ1n) is 9.86. The molecule has 0 amide bonds. The summed E-state index contributed by atoms with van der Waals surface area (Å²) in [6.45, 7) is 6.58. The molecule has 0 saturated carbocycles. The van der Waals surface area contributed by atoms with E-state index in [0.717, 1.165) is 48.2 Å². The van der Waals surface area contributed by atoms with Gasteiger partial charge in [0.2, 0.25) is 0 Å². The average Bonchev–Trinajstić information content (AvgIpc) is 3.24. The zero-order valence-corrected chi connectivity index (χ0v) is 17.5. The van der Waals surface area contributed by atoms with E-state index in [1.54, 1.807) is 17.5 Å². The van der Waals surface area contributed by atoms with Gasteiger partial charge >= 0.3 is 0 Å². The molecular formula is C20H28N6OS. The first-order chi connectivity index (χ1) is 13.5. The highest BCUT2D eigenvalue weighted by Gasteiger charge is 2.30. The van der Waals surface area contributed by atoms with E-state index in [1.807, 2.05) is 17.8 Å². The Hall–Kier alpha value is -2.03. The van der Waals surface area contributed by atoms with Crippen molar-refractivity contribution in [1.82, 2.24) is 19.5 Å². The molecule has 1 aliphatic rings. The van der Waals surface area contributed by atoms with Crippen LogP contribution in [0.2, 0.25) is 0 Å². The number of anilines is 1. The van der Waals surface area contributed by atoms with Gasteiger partial charge < -0.3 is 20.3 Å². The smallest absolute Gasteiger partial charge is 0.141 e. The van der Waals surface area contributed by atoms with Crippen LogP contribution in [0.1, 0.15) is 41.0 Å². The van der Waals surface area contributed by atoms with Crippen molar-refractivity contribution in [3.05, 3.63) is 34.5 Å². The normalized spacial score (nSPS) is 16.8. The molecule has 0 aromatic carbocycles. The minimum absolute atomic E-state index is 0.212. The van der Waals surface area contributed by atoms with E-state index in [2.05, 4.69) is 23.7 Å². The molecular weight excluding hydrogens is 372 g/mol. The van der Waals surface area contributed by atoms with Crippen molar-refractivity contribution in [3.63, 3.8) is 0 Å². The Morgan fingerprint density at radius 2 is 2.04 bits per heavy atom. The number of rotatable bonds is 5. The van der Waals surface area contributed by atoms with E-state index in [-0.39, 0.29) is 5.92 Å². The maximum atomic E-state index is 10.8. The van der Waals surface area contributed by atoms with Crippen molar-refractivity contribution in [1.29, 1.82) is 0 Å². The van der Waals surface area contributed by atoms with Crippen molar-refractivity contribution >= 4 is 27.4 Å². The molecule has 3 aromatic heterocycles. The van der Waals surface area contributed by atoms with Gasteiger partial charge in [-0.1, -0.05) is 0 Å². The van der Waals surface area contributed by atoms with E-state index in [0.29, 0.717) is 13.0 Å². The van der Waals surface area contributed by atoms with Gasteiger partial charge in [-0.25, -0.2) is 15.0 Å². The molecule has 150 valence electrons. The second-order valence-electron chi connectivity index (χ2n) is 7.63. The molecule has 4 heterocycles. The molecule has 4 rings (SSSR count). The molecule has 0 spiro atoms. The summed E-state index contributed by atoms with van der Waals surface area (Å²) in [6.07, 6.45) is 5.61. The van der Waals surface area contributed by atoms with Crippen molar-refractivity contribution in [2.75, 3.05) is 24.5 Å². The van der Waals surface area contributed by atoms with Gasteiger partial charge in [-0.2, -0.15) is 0 Å². The Bertz CT molecular complexity index is 973. The van der Waals surface area contributed by atoms with Gasteiger partial charge in [0.25, 0.3) is 0 Å². The minimum Gasteiger partial charge on any atom is -0.385 e. The lowest BCUT2D eigenvalue weighted by molar-refractivity contribution is 0.0824. The number of aryl methyl sites for hydroxylation is 3. The second-order valence-corrected chi connectivity index (χ2v) is 8.83. The summed E-state index contributed by atoms with van der Waals surface area (Å²) >= 11 is 1.73. The largest absolute Gasteiger partial charge is 0.385 e. The van der Waals surface area contributed by atoms with Crippen LogP contribution < -0.4 is 10.6 Å². The van der Waals surface area contributed by atoms with Crippen LogP contribution in [0.4, 0.5) is 5.82 Å². The van der Waals surface area contributed by atoms with Crippen molar-refractivity contribution in [2.45, 2.75) is 39.2 Å². The van der Waals surface area contributed by atoms with E-state index in [9.17, 15) is 5.11 Å². The Kier molecular flexibility index (Phi) is 5.35.